The number of rotatable bonds is 3. The zero-order chi connectivity index (χ0) is 12.0. The second kappa shape index (κ2) is 5.56. The Bertz CT molecular complexity index is 458. The van der Waals surface area contributed by atoms with Crippen LogP contribution in [0, 0.1) is 11.3 Å². The summed E-state index contributed by atoms with van der Waals surface area (Å²) in [4.78, 5) is 11.3. The van der Waals surface area contributed by atoms with Gasteiger partial charge in [-0.25, -0.2) is 0 Å². The van der Waals surface area contributed by atoms with Crippen LogP contribution < -0.4 is 10.1 Å². The van der Waals surface area contributed by atoms with Gasteiger partial charge in [-0.3, -0.25) is 4.79 Å². The molecular weight excluding hydrogens is 204 g/mol. The van der Waals surface area contributed by atoms with Crippen molar-refractivity contribution in [1.29, 1.82) is 5.26 Å². The van der Waals surface area contributed by atoms with Crippen molar-refractivity contribution >= 4 is 12.0 Å². The van der Waals surface area contributed by atoms with Gasteiger partial charge >= 0.3 is 0 Å². The molecular formula is C12H12N2O2. The Balaban J connectivity index is 3.05. The molecule has 1 rings (SSSR count). The number of nitrogens with one attached hydrogen (secondary N) is 1. The van der Waals surface area contributed by atoms with E-state index in [1.165, 1.54) is 13.1 Å². The van der Waals surface area contributed by atoms with Crippen molar-refractivity contribution in [3.8, 4) is 11.8 Å². The molecule has 0 saturated heterocycles. The lowest BCUT2D eigenvalue weighted by molar-refractivity contribution is -0.116. The normalized spacial score (nSPS) is 10.4. The number of carbonyl (C=O) groups excluding carboxylic acids is 1. The number of hydrogen-bond donors (Lipinski definition) is 1. The van der Waals surface area contributed by atoms with E-state index < -0.39 is 5.91 Å². The van der Waals surface area contributed by atoms with Crippen LogP contribution >= 0.6 is 0 Å². The Labute approximate surface area is 94.1 Å². The highest BCUT2D eigenvalue weighted by Crippen LogP contribution is 2.15. The molecule has 0 bridgehead atoms. The molecule has 0 atom stereocenters. The van der Waals surface area contributed by atoms with Crippen molar-refractivity contribution < 1.29 is 9.53 Å². The predicted octanol–water partition coefficient (Wildman–Crippen LogP) is 1.35. The SMILES string of the molecule is CNC(=O)/C(C#N)=C/c1cccc(OC)c1. The molecule has 0 unspecified atom stereocenters. The third-order valence-electron chi connectivity index (χ3n) is 2.00. The van der Waals surface area contributed by atoms with E-state index in [9.17, 15) is 4.79 Å². The Morgan fingerprint density at radius 1 is 1.56 bits per heavy atom. The largest absolute Gasteiger partial charge is 0.497 e. The molecule has 16 heavy (non-hydrogen) atoms. The number of nitrogens with zero attached hydrogens (tertiary/aromatic N) is 1. The smallest absolute Gasteiger partial charge is 0.261 e. The summed E-state index contributed by atoms with van der Waals surface area (Å²) in [6.45, 7) is 0. The van der Waals surface area contributed by atoms with Gasteiger partial charge in [0.1, 0.15) is 17.4 Å². The summed E-state index contributed by atoms with van der Waals surface area (Å²) < 4.78 is 5.04. The molecule has 4 heteroatoms. The lowest BCUT2D eigenvalue weighted by Crippen LogP contribution is -2.19. The van der Waals surface area contributed by atoms with Crippen molar-refractivity contribution in [1.82, 2.24) is 5.32 Å². The first-order chi connectivity index (χ1) is 7.71. The van der Waals surface area contributed by atoms with E-state index in [1.54, 1.807) is 31.4 Å². The number of amides is 1. The maximum absolute atomic E-state index is 11.3. The van der Waals surface area contributed by atoms with E-state index in [-0.39, 0.29) is 5.57 Å². The van der Waals surface area contributed by atoms with Crippen LogP contribution in [0.3, 0.4) is 0 Å². The molecule has 0 radical (unpaired) electrons. The highest BCUT2D eigenvalue weighted by atomic mass is 16.5. The molecule has 0 heterocycles. The van der Waals surface area contributed by atoms with Gasteiger partial charge in [-0.15, -0.1) is 0 Å². The summed E-state index contributed by atoms with van der Waals surface area (Å²) in [5, 5.41) is 11.2. The van der Waals surface area contributed by atoms with Gasteiger partial charge in [0.25, 0.3) is 5.91 Å². The molecule has 82 valence electrons. The molecule has 0 fully saturated rings. The topological polar surface area (TPSA) is 62.1 Å². The van der Waals surface area contributed by atoms with Gasteiger partial charge in [0.05, 0.1) is 7.11 Å². The van der Waals surface area contributed by atoms with Crippen molar-refractivity contribution in [2.24, 2.45) is 0 Å². The van der Waals surface area contributed by atoms with Crippen molar-refractivity contribution in [3.63, 3.8) is 0 Å². The number of methoxy groups -OCH3 is 1. The molecule has 4 nitrogen and oxygen atoms in total. The van der Waals surface area contributed by atoms with E-state index in [0.717, 1.165) is 5.56 Å². The Morgan fingerprint density at radius 3 is 2.88 bits per heavy atom. The Kier molecular flexibility index (Phi) is 4.10. The minimum Gasteiger partial charge on any atom is -0.497 e. The van der Waals surface area contributed by atoms with Gasteiger partial charge in [-0.2, -0.15) is 5.26 Å². The van der Waals surface area contributed by atoms with Crippen molar-refractivity contribution in [2.75, 3.05) is 14.2 Å². The van der Waals surface area contributed by atoms with Crippen molar-refractivity contribution in [2.45, 2.75) is 0 Å². The second-order valence-corrected chi connectivity index (χ2v) is 3.03. The van der Waals surface area contributed by atoms with Gasteiger partial charge in [-0.1, -0.05) is 12.1 Å². The van der Waals surface area contributed by atoms with Gasteiger partial charge < -0.3 is 10.1 Å². The molecule has 0 aromatic heterocycles. The third kappa shape index (κ3) is 2.85. The standard InChI is InChI=1S/C12H12N2O2/c1-14-12(15)10(8-13)6-9-4-3-5-11(7-9)16-2/h3-7H,1-2H3,(H,14,15)/b10-6+. The molecule has 0 aliphatic heterocycles. The Hall–Kier alpha value is -2.28. The van der Waals surface area contributed by atoms with Crippen LogP contribution in [-0.2, 0) is 4.79 Å². The number of benzene rings is 1. The number of hydrogen-bond acceptors (Lipinski definition) is 3. The van der Waals surface area contributed by atoms with Gasteiger partial charge in [0.2, 0.25) is 0 Å². The van der Waals surface area contributed by atoms with E-state index in [0.29, 0.717) is 5.75 Å². The average molecular weight is 216 g/mol. The summed E-state index contributed by atoms with van der Waals surface area (Å²) >= 11 is 0. The van der Waals surface area contributed by atoms with Gasteiger partial charge in [-0.05, 0) is 23.8 Å². The first-order valence-corrected chi connectivity index (χ1v) is 4.69. The molecule has 0 saturated carbocycles. The maximum atomic E-state index is 11.3. The minimum absolute atomic E-state index is 0.0655. The molecule has 0 aliphatic carbocycles. The fraction of sp³-hybridized carbons (Fsp3) is 0.167. The minimum atomic E-state index is -0.398. The van der Waals surface area contributed by atoms with Crippen LogP contribution in [-0.4, -0.2) is 20.1 Å². The zero-order valence-corrected chi connectivity index (χ0v) is 9.15. The van der Waals surface area contributed by atoms with Crippen LogP contribution in [0.2, 0.25) is 0 Å². The Morgan fingerprint density at radius 2 is 2.31 bits per heavy atom. The van der Waals surface area contributed by atoms with E-state index >= 15 is 0 Å². The van der Waals surface area contributed by atoms with Crippen LogP contribution in [0.15, 0.2) is 29.8 Å². The number of ether oxygens (including phenoxy) is 1. The molecule has 1 aromatic rings. The van der Waals surface area contributed by atoms with Gasteiger partial charge in [0.15, 0.2) is 0 Å². The zero-order valence-electron chi connectivity index (χ0n) is 9.15. The second-order valence-electron chi connectivity index (χ2n) is 3.03. The van der Waals surface area contributed by atoms with E-state index in [4.69, 9.17) is 10.00 Å². The quantitative estimate of drug-likeness (QED) is 0.612. The van der Waals surface area contributed by atoms with E-state index in [2.05, 4.69) is 5.32 Å². The van der Waals surface area contributed by atoms with Crippen molar-refractivity contribution in [3.05, 3.63) is 35.4 Å². The van der Waals surface area contributed by atoms with Gasteiger partial charge in [0, 0.05) is 7.05 Å². The molecule has 1 N–H and O–H groups in total. The first-order valence-electron chi connectivity index (χ1n) is 4.69. The summed E-state index contributed by atoms with van der Waals surface area (Å²) in [7, 11) is 3.05. The number of nitriles is 1. The number of carbonyl (C=O) groups is 1. The van der Waals surface area contributed by atoms with Crippen LogP contribution in [0.1, 0.15) is 5.56 Å². The number of likely N-dealkylation sites (N-methyl/N-ethyl adjacent to an activating group) is 1. The summed E-state index contributed by atoms with van der Waals surface area (Å²) in [6, 6.07) is 8.98. The highest BCUT2D eigenvalue weighted by Gasteiger charge is 2.05. The van der Waals surface area contributed by atoms with Crippen LogP contribution in [0.25, 0.3) is 6.08 Å². The molecule has 1 aromatic carbocycles. The van der Waals surface area contributed by atoms with Crippen LogP contribution in [0.5, 0.6) is 5.75 Å². The first kappa shape index (κ1) is 11.8. The molecule has 1 amide bonds. The third-order valence-corrected chi connectivity index (χ3v) is 2.00. The fourth-order valence-electron chi connectivity index (χ4n) is 1.18. The lowest BCUT2D eigenvalue weighted by atomic mass is 10.1. The highest BCUT2D eigenvalue weighted by molar-refractivity contribution is 6.01. The molecule has 0 aliphatic rings. The van der Waals surface area contributed by atoms with Crippen LogP contribution in [0.4, 0.5) is 0 Å². The summed E-state index contributed by atoms with van der Waals surface area (Å²) in [6.07, 6.45) is 1.52. The maximum Gasteiger partial charge on any atom is 0.261 e. The monoisotopic (exact) mass is 216 g/mol. The van der Waals surface area contributed by atoms with E-state index in [1.807, 2.05) is 6.07 Å². The lowest BCUT2D eigenvalue weighted by Gasteiger charge is -2.01. The summed E-state index contributed by atoms with van der Waals surface area (Å²) in [5.74, 6) is 0.285. The summed E-state index contributed by atoms with van der Waals surface area (Å²) in [5.41, 5.74) is 0.815. The fourth-order valence-corrected chi connectivity index (χ4v) is 1.18. The average Bonchev–Trinajstić information content (AvgIpc) is 2.35. The molecule has 0 spiro atoms. The predicted molar refractivity (Wildman–Crippen MR) is 60.7 cm³/mol.